The Bertz CT molecular complexity index is 62.4. The summed E-state index contributed by atoms with van der Waals surface area (Å²) in [5, 5.41) is 0. The minimum atomic E-state index is 1.01. The first-order valence-electron chi connectivity index (χ1n) is 4.76. The van der Waals surface area contributed by atoms with Gasteiger partial charge in [0, 0.05) is 0 Å². The maximum absolute atomic E-state index is 2.36. The highest BCUT2D eigenvalue weighted by Gasteiger charge is 2.25. The highest BCUT2D eigenvalue weighted by Crippen LogP contribution is 2.37. The first kappa shape index (κ1) is 10.0. The van der Waals surface area contributed by atoms with Crippen molar-refractivity contribution < 1.29 is 0 Å². The summed E-state index contributed by atoms with van der Waals surface area (Å²) < 4.78 is 0. The molecule has 0 nitrogen and oxygen atoms in total. The van der Waals surface area contributed by atoms with Crippen LogP contribution in [-0.2, 0) is 0 Å². The third-order valence-corrected chi connectivity index (χ3v) is 2.07. The van der Waals surface area contributed by atoms with E-state index in [2.05, 4.69) is 27.7 Å². The summed E-state index contributed by atoms with van der Waals surface area (Å²) in [4.78, 5) is 0. The predicted octanol–water partition coefficient (Wildman–Crippen LogP) is 3.86. The average Bonchev–Trinajstić information content (AvgIpc) is 2.69. The molecule has 1 aliphatic rings. The normalized spacial score (nSPS) is 19.2. The third kappa shape index (κ3) is 4.84. The van der Waals surface area contributed by atoms with E-state index in [0.717, 1.165) is 11.8 Å². The Labute approximate surface area is 66.0 Å². The van der Waals surface area contributed by atoms with E-state index in [1.165, 1.54) is 25.7 Å². The van der Waals surface area contributed by atoms with Gasteiger partial charge in [-0.25, -0.2) is 0 Å². The third-order valence-electron chi connectivity index (χ3n) is 2.07. The fraction of sp³-hybridized carbons (Fsp3) is 1.00. The highest BCUT2D eigenvalue weighted by atomic mass is 14.3. The van der Waals surface area contributed by atoms with Gasteiger partial charge in [0.2, 0.25) is 0 Å². The van der Waals surface area contributed by atoms with Gasteiger partial charge >= 0.3 is 0 Å². The largest absolute Gasteiger partial charge is 0.0656 e. The van der Waals surface area contributed by atoms with Crippen LogP contribution < -0.4 is 0 Å². The maximum atomic E-state index is 2.36. The summed E-state index contributed by atoms with van der Waals surface area (Å²) in [5.74, 6) is 2.13. The number of hydrogen-bond acceptors (Lipinski definition) is 0. The molecule has 1 saturated carbocycles. The zero-order valence-electron chi connectivity index (χ0n) is 7.98. The molecule has 0 aromatic rings. The van der Waals surface area contributed by atoms with Gasteiger partial charge in [-0.15, -0.1) is 0 Å². The lowest BCUT2D eigenvalue weighted by Gasteiger charge is -2.01. The molecule has 0 aromatic carbocycles. The summed E-state index contributed by atoms with van der Waals surface area (Å²) in [6, 6.07) is 0. The van der Waals surface area contributed by atoms with Gasteiger partial charge in [-0.1, -0.05) is 40.5 Å². The van der Waals surface area contributed by atoms with Crippen LogP contribution in [0.1, 0.15) is 53.4 Å². The number of hydrogen-bond donors (Lipinski definition) is 0. The molecule has 1 atom stereocenters. The second-order valence-corrected chi connectivity index (χ2v) is 3.43. The van der Waals surface area contributed by atoms with Gasteiger partial charge in [0.05, 0.1) is 0 Å². The molecule has 0 heterocycles. The minimum Gasteiger partial charge on any atom is -0.0656 e. The second kappa shape index (κ2) is 5.76. The Morgan fingerprint density at radius 3 is 1.70 bits per heavy atom. The Kier molecular flexibility index (Phi) is 5.76. The van der Waals surface area contributed by atoms with Crippen LogP contribution in [0.4, 0.5) is 0 Å². The lowest BCUT2D eigenvalue weighted by Crippen LogP contribution is -1.91. The van der Waals surface area contributed by atoms with Gasteiger partial charge in [-0.3, -0.25) is 0 Å². The smallest absolute Gasteiger partial charge is 0.0388 e. The monoisotopic (exact) mass is 142 g/mol. The van der Waals surface area contributed by atoms with E-state index in [1.807, 2.05) is 0 Å². The Balaban J connectivity index is 0.000000236. The Hall–Kier alpha value is 0. The molecule has 0 aromatic heterocycles. The maximum Gasteiger partial charge on any atom is -0.0388 e. The molecular weight excluding hydrogens is 120 g/mol. The van der Waals surface area contributed by atoms with Crippen molar-refractivity contribution >= 4 is 0 Å². The van der Waals surface area contributed by atoms with Crippen molar-refractivity contribution in [3.8, 4) is 0 Å². The fourth-order valence-corrected chi connectivity index (χ4v) is 0.999. The van der Waals surface area contributed by atoms with Gasteiger partial charge in [0.1, 0.15) is 0 Å². The predicted molar refractivity (Wildman–Crippen MR) is 48.1 cm³/mol. The molecule has 1 aliphatic carbocycles. The topological polar surface area (TPSA) is 0 Å². The molecule has 1 unspecified atom stereocenters. The van der Waals surface area contributed by atoms with E-state index in [1.54, 1.807) is 0 Å². The highest BCUT2D eigenvalue weighted by molar-refractivity contribution is 4.77. The molecule has 0 aliphatic heterocycles. The molecule has 0 radical (unpaired) electrons. The van der Waals surface area contributed by atoms with Gasteiger partial charge in [0.15, 0.2) is 0 Å². The van der Waals surface area contributed by atoms with Gasteiger partial charge in [0.25, 0.3) is 0 Å². The van der Waals surface area contributed by atoms with Gasteiger partial charge in [-0.2, -0.15) is 0 Å². The van der Waals surface area contributed by atoms with Crippen LogP contribution in [0.5, 0.6) is 0 Å². The van der Waals surface area contributed by atoms with Crippen molar-refractivity contribution in [1.82, 2.24) is 0 Å². The minimum absolute atomic E-state index is 1.01. The van der Waals surface area contributed by atoms with Gasteiger partial charge in [-0.05, 0) is 24.7 Å². The molecule has 62 valence electrons. The fourth-order valence-electron chi connectivity index (χ4n) is 0.999. The first-order valence-corrected chi connectivity index (χ1v) is 4.76. The van der Waals surface area contributed by atoms with Crippen molar-refractivity contribution in [2.24, 2.45) is 11.8 Å². The molecule has 10 heavy (non-hydrogen) atoms. The molecule has 0 saturated heterocycles. The van der Waals surface area contributed by atoms with Crippen molar-refractivity contribution in [1.29, 1.82) is 0 Å². The Morgan fingerprint density at radius 1 is 1.20 bits per heavy atom. The van der Waals surface area contributed by atoms with Crippen LogP contribution in [-0.4, -0.2) is 0 Å². The van der Waals surface area contributed by atoms with Crippen LogP contribution in [0, 0.1) is 11.8 Å². The summed E-state index contributed by atoms with van der Waals surface area (Å²) in [7, 11) is 0. The van der Waals surface area contributed by atoms with E-state index >= 15 is 0 Å². The molecule has 1 rings (SSSR count). The SMILES string of the molecule is CCC.CCC(C)C1CC1. The Morgan fingerprint density at radius 2 is 1.60 bits per heavy atom. The van der Waals surface area contributed by atoms with E-state index in [-0.39, 0.29) is 0 Å². The van der Waals surface area contributed by atoms with Crippen molar-refractivity contribution in [3.63, 3.8) is 0 Å². The molecule has 0 heteroatoms. The van der Waals surface area contributed by atoms with Crippen molar-refractivity contribution in [3.05, 3.63) is 0 Å². The number of rotatable bonds is 2. The molecule has 0 amide bonds. The van der Waals surface area contributed by atoms with Crippen molar-refractivity contribution in [2.75, 3.05) is 0 Å². The molecule has 0 N–H and O–H groups in total. The summed E-state index contributed by atoms with van der Waals surface area (Å²) in [5.41, 5.74) is 0. The van der Waals surface area contributed by atoms with E-state index in [0.29, 0.717) is 0 Å². The summed E-state index contributed by atoms with van der Waals surface area (Å²) in [6.07, 6.45) is 5.65. The molecule has 1 fully saturated rings. The second-order valence-electron chi connectivity index (χ2n) is 3.43. The standard InChI is InChI=1S/C7H14.C3H8/c1-3-6(2)7-4-5-7;1-3-2/h6-7H,3-5H2,1-2H3;3H2,1-2H3. The summed E-state index contributed by atoms with van der Waals surface area (Å²) in [6.45, 7) is 8.89. The van der Waals surface area contributed by atoms with Crippen LogP contribution in [0.25, 0.3) is 0 Å². The van der Waals surface area contributed by atoms with Crippen molar-refractivity contribution in [2.45, 2.75) is 53.4 Å². The van der Waals surface area contributed by atoms with Crippen LogP contribution >= 0.6 is 0 Å². The molecular formula is C10H22. The molecule has 0 spiro atoms. The lowest BCUT2D eigenvalue weighted by molar-refractivity contribution is 0.493. The van der Waals surface area contributed by atoms with Gasteiger partial charge < -0.3 is 0 Å². The van der Waals surface area contributed by atoms with Crippen LogP contribution in [0.15, 0.2) is 0 Å². The average molecular weight is 142 g/mol. The van der Waals surface area contributed by atoms with E-state index < -0.39 is 0 Å². The zero-order chi connectivity index (χ0) is 7.98. The van der Waals surface area contributed by atoms with E-state index in [4.69, 9.17) is 0 Å². The summed E-state index contributed by atoms with van der Waals surface area (Å²) >= 11 is 0. The van der Waals surface area contributed by atoms with Crippen LogP contribution in [0.2, 0.25) is 0 Å². The molecule has 0 bridgehead atoms. The lowest BCUT2D eigenvalue weighted by atomic mass is 10.0. The van der Waals surface area contributed by atoms with E-state index in [9.17, 15) is 0 Å². The zero-order valence-corrected chi connectivity index (χ0v) is 7.98. The first-order chi connectivity index (χ1) is 4.76. The van der Waals surface area contributed by atoms with Crippen LogP contribution in [0.3, 0.4) is 0 Å². The quantitative estimate of drug-likeness (QED) is 0.549.